The van der Waals surface area contributed by atoms with Gasteiger partial charge in [-0.25, -0.2) is 4.79 Å². The SMILES string of the molecule is O=C(O)c1cc2n[nH]nc2cc1[O-].[Ag+]. The molecule has 76 valence electrons. The molecule has 1 aromatic carbocycles. The Morgan fingerprint density at radius 3 is 2.50 bits per heavy atom. The second kappa shape index (κ2) is 3.79. The summed E-state index contributed by atoms with van der Waals surface area (Å²) in [5.74, 6) is -1.82. The van der Waals surface area contributed by atoms with Gasteiger partial charge in [0.05, 0.1) is 5.56 Å². The number of hydrogen-bond acceptors (Lipinski definition) is 4. The largest absolute Gasteiger partial charge is 1.00 e. The Bertz CT molecular complexity index is 482. The number of aromatic amines is 1. The van der Waals surface area contributed by atoms with Crippen molar-refractivity contribution in [3.63, 3.8) is 0 Å². The van der Waals surface area contributed by atoms with Gasteiger partial charge in [-0.3, -0.25) is 0 Å². The molecule has 14 heavy (non-hydrogen) atoms. The maximum Gasteiger partial charge on any atom is 1.00 e. The van der Waals surface area contributed by atoms with Crippen molar-refractivity contribution in [3.8, 4) is 5.75 Å². The zero-order valence-electron chi connectivity index (χ0n) is 6.61. The molecule has 0 bridgehead atoms. The molecule has 1 heterocycles. The minimum atomic E-state index is -1.25. The number of aromatic carboxylic acids is 1. The second-order valence-corrected chi connectivity index (χ2v) is 2.47. The van der Waals surface area contributed by atoms with E-state index in [-0.39, 0.29) is 27.9 Å². The summed E-state index contributed by atoms with van der Waals surface area (Å²) in [5, 5.41) is 29.3. The molecule has 0 radical (unpaired) electrons. The third-order valence-electron chi connectivity index (χ3n) is 1.65. The minimum Gasteiger partial charge on any atom is -0.872 e. The van der Waals surface area contributed by atoms with E-state index in [4.69, 9.17) is 5.11 Å². The van der Waals surface area contributed by atoms with Gasteiger partial charge in [0.2, 0.25) is 0 Å². The van der Waals surface area contributed by atoms with Crippen molar-refractivity contribution < 1.29 is 37.4 Å². The fourth-order valence-electron chi connectivity index (χ4n) is 1.04. The number of carboxylic acid groups (broad SMARTS) is 1. The van der Waals surface area contributed by atoms with Crippen molar-refractivity contribution in [3.05, 3.63) is 17.7 Å². The van der Waals surface area contributed by atoms with Crippen LogP contribution < -0.4 is 5.11 Å². The molecule has 0 aliphatic carbocycles. The molecule has 2 aromatic rings. The van der Waals surface area contributed by atoms with E-state index in [2.05, 4.69) is 15.4 Å². The van der Waals surface area contributed by atoms with Gasteiger partial charge in [-0.1, -0.05) is 5.75 Å². The van der Waals surface area contributed by atoms with Crippen LogP contribution in [-0.2, 0) is 22.4 Å². The smallest absolute Gasteiger partial charge is 0.872 e. The van der Waals surface area contributed by atoms with E-state index < -0.39 is 11.7 Å². The number of fused-ring (bicyclic) bond motifs is 1. The van der Waals surface area contributed by atoms with Crippen LogP contribution in [-0.4, -0.2) is 26.5 Å². The number of hydrogen-bond donors (Lipinski definition) is 2. The van der Waals surface area contributed by atoms with Crippen molar-refractivity contribution in [2.45, 2.75) is 0 Å². The van der Waals surface area contributed by atoms with Crippen LogP contribution in [0.5, 0.6) is 5.75 Å². The summed E-state index contributed by atoms with van der Waals surface area (Å²) < 4.78 is 0. The molecular formula is C7H4AgN3O3. The van der Waals surface area contributed by atoms with Crippen LogP contribution in [0.4, 0.5) is 0 Å². The van der Waals surface area contributed by atoms with Crippen LogP contribution >= 0.6 is 0 Å². The Morgan fingerprint density at radius 2 is 1.93 bits per heavy atom. The molecule has 0 fully saturated rings. The van der Waals surface area contributed by atoms with Crippen molar-refractivity contribution in [1.82, 2.24) is 15.4 Å². The summed E-state index contributed by atoms with van der Waals surface area (Å²) in [5.41, 5.74) is 0.452. The zero-order valence-corrected chi connectivity index (χ0v) is 8.10. The van der Waals surface area contributed by atoms with Gasteiger partial charge >= 0.3 is 28.3 Å². The molecule has 0 saturated heterocycles. The first-order valence-electron chi connectivity index (χ1n) is 3.43. The van der Waals surface area contributed by atoms with Gasteiger partial charge < -0.3 is 10.2 Å². The van der Waals surface area contributed by atoms with Crippen LogP contribution in [0.3, 0.4) is 0 Å². The molecule has 0 aliphatic rings. The van der Waals surface area contributed by atoms with Crippen molar-refractivity contribution >= 4 is 17.0 Å². The van der Waals surface area contributed by atoms with E-state index in [1.165, 1.54) is 6.07 Å². The normalized spacial score (nSPS) is 9.71. The van der Waals surface area contributed by atoms with Gasteiger partial charge in [0.25, 0.3) is 0 Å². The van der Waals surface area contributed by atoms with Crippen LogP contribution in [0.15, 0.2) is 12.1 Å². The number of H-pyrrole nitrogens is 1. The Morgan fingerprint density at radius 1 is 1.36 bits per heavy atom. The third-order valence-corrected chi connectivity index (χ3v) is 1.65. The van der Waals surface area contributed by atoms with Crippen molar-refractivity contribution in [2.75, 3.05) is 0 Å². The fourth-order valence-corrected chi connectivity index (χ4v) is 1.04. The van der Waals surface area contributed by atoms with E-state index >= 15 is 0 Å². The molecule has 1 aromatic heterocycles. The number of nitrogens with zero attached hydrogens (tertiary/aromatic N) is 2. The molecule has 0 atom stereocenters. The molecule has 0 spiro atoms. The van der Waals surface area contributed by atoms with E-state index in [9.17, 15) is 9.90 Å². The number of carboxylic acids is 1. The number of nitrogens with one attached hydrogen (secondary N) is 1. The number of rotatable bonds is 1. The molecule has 2 N–H and O–H groups in total. The second-order valence-electron chi connectivity index (χ2n) is 2.47. The Kier molecular flexibility index (Phi) is 2.90. The van der Waals surface area contributed by atoms with Gasteiger partial charge in [0, 0.05) is 0 Å². The fraction of sp³-hybridized carbons (Fsp3) is 0. The maximum absolute atomic E-state index is 11.1. The van der Waals surface area contributed by atoms with Crippen LogP contribution in [0, 0.1) is 0 Å². The van der Waals surface area contributed by atoms with Gasteiger partial charge in [-0.05, 0) is 12.1 Å². The van der Waals surface area contributed by atoms with E-state index in [1.54, 1.807) is 0 Å². The topological polar surface area (TPSA) is 102 Å². The monoisotopic (exact) mass is 285 g/mol. The quantitative estimate of drug-likeness (QED) is 0.702. The molecule has 0 amide bonds. The maximum atomic E-state index is 11.1. The first-order chi connectivity index (χ1) is 6.18. The van der Waals surface area contributed by atoms with Gasteiger partial charge in [-0.15, -0.1) is 0 Å². The number of benzene rings is 1. The summed E-state index contributed by atoms with van der Waals surface area (Å²) in [6.45, 7) is 0. The van der Waals surface area contributed by atoms with Crippen molar-refractivity contribution in [2.24, 2.45) is 0 Å². The van der Waals surface area contributed by atoms with Crippen LogP contribution in [0.1, 0.15) is 10.4 Å². The predicted octanol–water partition coefficient (Wildman–Crippen LogP) is -0.273. The van der Waals surface area contributed by atoms with E-state index in [0.717, 1.165) is 6.07 Å². The van der Waals surface area contributed by atoms with Crippen LogP contribution in [0.25, 0.3) is 11.0 Å². The summed E-state index contributed by atoms with van der Waals surface area (Å²) in [6.07, 6.45) is 0. The zero-order chi connectivity index (χ0) is 9.42. The molecule has 0 saturated carbocycles. The number of aromatic nitrogens is 3. The summed E-state index contributed by atoms with van der Waals surface area (Å²) in [6, 6.07) is 2.34. The Hall–Kier alpha value is -1.37. The summed E-state index contributed by atoms with van der Waals surface area (Å²) >= 11 is 0. The van der Waals surface area contributed by atoms with Crippen LogP contribution in [0.2, 0.25) is 0 Å². The van der Waals surface area contributed by atoms with E-state index in [0.29, 0.717) is 11.0 Å². The van der Waals surface area contributed by atoms with Gasteiger partial charge in [0.1, 0.15) is 11.0 Å². The molecule has 7 heteroatoms. The predicted molar refractivity (Wildman–Crippen MR) is 40.3 cm³/mol. The third kappa shape index (κ3) is 1.63. The average molecular weight is 286 g/mol. The standard InChI is InChI=1S/C7H5N3O3.Ag/c11-6-2-5-4(8-10-9-5)1-3(6)7(12)13;/h1-2,11H,(H,12,13)(H,8,9,10);/q;+1/p-1. The van der Waals surface area contributed by atoms with Gasteiger partial charge in [-0.2, -0.15) is 15.4 Å². The Balaban J connectivity index is 0.000000980. The first-order valence-corrected chi connectivity index (χ1v) is 3.43. The van der Waals surface area contributed by atoms with E-state index in [1.807, 2.05) is 0 Å². The molecule has 0 aliphatic heterocycles. The molecular weight excluding hydrogens is 282 g/mol. The summed E-state index contributed by atoms with van der Waals surface area (Å²) in [7, 11) is 0. The molecule has 0 unspecified atom stereocenters. The molecule has 6 nitrogen and oxygen atoms in total. The summed E-state index contributed by atoms with van der Waals surface area (Å²) in [4.78, 5) is 10.5. The Labute approximate surface area is 93.4 Å². The number of carbonyl (C=O) groups is 1. The van der Waals surface area contributed by atoms with Gasteiger partial charge in [0.15, 0.2) is 0 Å². The molecule has 2 rings (SSSR count). The average Bonchev–Trinajstić information content (AvgIpc) is 2.48. The minimum absolute atomic E-state index is 0. The first kappa shape index (κ1) is 10.7. The van der Waals surface area contributed by atoms with Crippen molar-refractivity contribution in [1.29, 1.82) is 0 Å².